The van der Waals surface area contributed by atoms with Gasteiger partial charge in [-0.1, -0.05) is 12.1 Å². The summed E-state index contributed by atoms with van der Waals surface area (Å²) < 4.78 is 10.4. The number of aryl methyl sites for hydroxylation is 1. The Morgan fingerprint density at radius 3 is 2.27 bits per heavy atom. The lowest BCUT2D eigenvalue weighted by molar-refractivity contribution is 0.190. The van der Waals surface area contributed by atoms with Crippen LogP contribution in [-0.4, -0.2) is 57.0 Å². The molecule has 0 saturated carbocycles. The molecule has 1 aromatic heterocycles. The molecular formula is C19H29N5O2. The van der Waals surface area contributed by atoms with Gasteiger partial charge in [-0.25, -0.2) is 9.97 Å². The number of rotatable bonds is 10. The van der Waals surface area contributed by atoms with Gasteiger partial charge in [0, 0.05) is 39.5 Å². The lowest BCUT2D eigenvalue weighted by Crippen LogP contribution is -2.32. The van der Waals surface area contributed by atoms with Crippen molar-refractivity contribution in [1.29, 1.82) is 0 Å². The molecule has 26 heavy (non-hydrogen) atoms. The van der Waals surface area contributed by atoms with E-state index in [4.69, 9.17) is 15.2 Å². The fourth-order valence-corrected chi connectivity index (χ4v) is 2.82. The normalized spacial score (nSPS) is 10.8. The molecule has 7 heteroatoms. The molecule has 1 aromatic carbocycles. The minimum Gasteiger partial charge on any atom is -0.393 e. The largest absolute Gasteiger partial charge is 0.393 e. The molecule has 0 fully saturated rings. The van der Waals surface area contributed by atoms with Crippen LogP contribution in [0.2, 0.25) is 0 Å². The molecule has 0 saturated heterocycles. The molecule has 0 radical (unpaired) electrons. The number of nitrogens with two attached hydrogens (primary N) is 1. The van der Waals surface area contributed by atoms with Gasteiger partial charge in [-0.15, -0.1) is 0 Å². The molecule has 7 nitrogen and oxygen atoms in total. The highest BCUT2D eigenvalue weighted by Crippen LogP contribution is 2.33. The highest BCUT2D eigenvalue weighted by Gasteiger charge is 2.19. The summed E-state index contributed by atoms with van der Waals surface area (Å²) in [7, 11) is 3.36. The monoisotopic (exact) mass is 359 g/mol. The molecule has 2 rings (SSSR count). The zero-order valence-electron chi connectivity index (χ0n) is 16.1. The van der Waals surface area contributed by atoms with Gasteiger partial charge in [-0.2, -0.15) is 0 Å². The van der Waals surface area contributed by atoms with Gasteiger partial charge in [-0.05, 0) is 31.5 Å². The molecule has 0 aliphatic heterocycles. The van der Waals surface area contributed by atoms with Crippen LogP contribution >= 0.6 is 0 Å². The Balaban J connectivity index is 2.39. The number of hydrogen-bond donors (Lipinski definition) is 1. The van der Waals surface area contributed by atoms with Crippen LogP contribution in [0.15, 0.2) is 30.6 Å². The minimum absolute atomic E-state index is 0.558. The number of aromatic nitrogens is 2. The van der Waals surface area contributed by atoms with Crippen molar-refractivity contribution in [1.82, 2.24) is 9.97 Å². The van der Waals surface area contributed by atoms with Crippen molar-refractivity contribution in [2.45, 2.75) is 13.8 Å². The summed E-state index contributed by atoms with van der Waals surface area (Å²) >= 11 is 0. The second-order valence-electron chi connectivity index (χ2n) is 5.99. The zero-order valence-corrected chi connectivity index (χ0v) is 16.1. The first-order chi connectivity index (χ1) is 12.6. The Morgan fingerprint density at radius 1 is 1.04 bits per heavy atom. The van der Waals surface area contributed by atoms with Crippen LogP contribution in [0.4, 0.5) is 23.0 Å². The number of benzene rings is 1. The fraction of sp³-hybridized carbons (Fsp3) is 0.474. The van der Waals surface area contributed by atoms with Gasteiger partial charge in [0.15, 0.2) is 11.6 Å². The molecule has 142 valence electrons. The third-order valence-electron chi connectivity index (χ3n) is 4.16. The third-order valence-corrected chi connectivity index (χ3v) is 4.16. The molecule has 2 N–H and O–H groups in total. The van der Waals surface area contributed by atoms with Crippen molar-refractivity contribution in [2.24, 2.45) is 0 Å². The Morgan fingerprint density at radius 2 is 1.69 bits per heavy atom. The topological polar surface area (TPSA) is 76.7 Å². The first kappa shape index (κ1) is 19.9. The van der Waals surface area contributed by atoms with Crippen molar-refractivity contribution in [3.63, 3.8) is 0 Å². The maximum absolute atomic E-state index is 6.49. The average molecular weight is 359 g/mol. The molecule has 0 atom stereocenters. The maximum Gasteiger partial charge on any atom is 0.161 e. The van der Waals surface area contributed by atoms with Gasteiger partial charge < -0.3 is 25.0 Å². The van der Waals surface area contributed by atoms with E-state index in [1.54, 1.807) is 20.5 Å². The van der Waals surface area contributed by atoms with E-state index < -0.39 is 0 Å². The summed E-state index contributed by atoms with van der Waals surface area (Å²) in [6, 6.07) is 8.29. The van der Waals surface area contributed by atoms with E-state index in [0.29, 0.717) is 43.6 Å². The quantitative estimate of drug-likeness (QED) is 0.699. The standard InChI is InChI=1S/C19H29N5O2/c1-5-24(16-8-6-7-15(2)13-16)19-17(20)18(21-14-22-19)23(9-11-25-3)10-12-26-4/h6-8,13-14H,5,9-12,20H2,1-4H3. The Labute approximate surface area is 155 Å². The van der Waals surface area contributed by atoms with E-state index in [1.807, 2.05) is 6.07 Å². The predicted octanol–water partition coefficient (Wildman–Crippen LogP) is 2.62. The van der Waals surface area contributed by atoms with E-state index in [2.05, 4.69) is 51.8 Å². The van der Waals surface area contributed by atoms with Crippen LogP contribution in [0.1, 0.15) is 12.5 Å². The van der Waals surface area contributed by atoms with Crippen molar-refractivity contribution in [3.8, 4) is 0 Å². The van der Waals surface area contributed by atoms with Gasteiger partial charge in [-0.3, -0.25) is 0 Å². The number of hydrogen-bond acceptors (Lipinski definition) is 7. The van der Waals surface area contributed by atoms with Crippen LogP contribution in [0.25, 0.3) is 0 Å². The van der Waals surface area contributed by atoms with Crippen LogP contribution in [0, 0.1) is 6.92 Å². The second-order valence-corrected chi connectivity index (χ2v) is 5.99. The van der Waals surface area contributed by atoms with Crippen molar-refractivity contribution >= 4 is 23.0 Å². The first-order valence-electron chi connectivity index (χ1n) is 8.79. The summed E-state index contributed by atoms with van der Waals surface area (Å²) in [6.07, 6.45) is 1.56. The van der Waals surface area contributed by atoms with Crippen LogP contribution in [-0.2, 0) is 9.47 Å². The predicted molar refractivity (Wildman–Crippen MR) is 106 cm³/mol. The van der Waals surface area contributed by atoms with E-state index in [1.165, 1.54) is 5.56 Å². The summed E-state index contributed by atoms with van der Waals surface area (Å²) in [5.74, 6) is 1.41. The van der Waals surface area contributed by atoms with E-state index in [-0.39, 0.29) is 0 Å². The van der Waals surface area contributed by atoms with Crippen LogP contribution < -0.4 is 15.5 Å². The van der Waals surface area contributed by atoms with E-state index >= 15 is 0 Å². The molecule has 1 heterocycles. The summed E-state index contributed by atoms with van der Waals surface area (Å²) in [5.41, 5.74) is 9.30. The molecule has 0 unspecified atom stereocenters. The molecule has 0 amide bonds. The lowest BCUT2D eigenvalue weighted by Gasteiger charge is -2.28. The maximum atomic E-state index is 6.49. The molecule has 0 aliphatic carbocycles. The minimum atomic E-state index is 0.558. The van der Waals surface area contributed by atoms with Gasteiger partial charge in [0.25, 0.3) is 0 Å². The Hall–Kier alpha value is -2.38. The number of anilines is 4. The third kappa shape index (κ3) is 4.83. The van der Waals surface area contributed by atoms with E-state index in [9.17, 15) is 0 Å². The van der Waals surface area contributed by atoms with Gasteiger partial charge in [0.05, 0.1) is 13.2 Å². The number of ether oxygens (including phenoxy) is 2. The van der Waals surface area contributed by atoms with Gasteiger partial charge in [0.1, 0.15) is 12.0 Å². The Kier molecular flexibility index (Phi) is 7.62. The SMILES string of the molecule is CCN(c1cccc(C)c1)c1ncnc(N(CCOC)CCOC)c1N. The van der Waals surface area contributed by atoms with Crippen molar-refractivity contribution in [3.05, 3.63) is 36.2 Å². The lowest BCUT2D eigenvalue weighted by atomic mass is 10.2. The first-order valence-corrected chi connectivity index (χ1v) is 8.79. The van der Waals surface area contributed by atoms with Crippen LogP contribution in [0.3, 0.4) is 0 Å². The summed E-state index contributed by atoms with van der Waals surface area (Å²) in [4.78, 5) is 13.0. The Bertz CT molecular complexity index is 687. The van der Waals surface area contributed by atoms with Crippen LogP contribution in [0.5, 0.6) is 0 Å². The number of nitrogens with zero attached hydrogens (tertiary/aromatic N) is 4. The van der Waals surface area contributed by atoms with E-state index in [0.717, 1.165) is 12.2 Å². The molecule has 0 aliphatic rings. The molecule has 0 spiro atoms. The van der Waals surface area contributed by atoms with Crippen molar-refractivity contribution in [2.75, 3.05) is 62.6 Å². The number of nitrogen functional groups attached to an aromatic ring is 1. The summed E-state index contributed by atoms with van der Waals surface area (Å²) in [6.45, 7) is 7.42. The highest BCUT2D eigenvalue weighted by molar-refractivity contribution is 5.79. The molecular weight excluding hydrogens is 330 g/mol. The highest BCUT2D eigenvalue weighted by atomic mass is 16.5. The second kappa shape index (κ2) is 9.94. The van der Waals surface area contributed by atoms with Gasteiger partial charge in [0.2, 0.25) is 0 Å². The van der Waals surface area contributed by atoms with Crippen molar-refractivity contribution < 1.29 is 9.47 Å². The summed E-state index contributed by atoms with van der Waals surface area (Å²) in [5, 5.41) is 0. The molecule has 0 bridgehead atoms. The van der Waals surface area contributed by atoms with Gasteiger partial charge >= 0.3 is 0 Å². The average Bonchev–Trinajstić information content (AvgIpc) is 2.64. The fourth-order valence-electron chi connectivity index (χ4n) is 2.82. The zero-order chi connectivity index (χ0) is 18.9. The smallest absolute Gasteiger partial charge is 0.161 e. The number of methoxy groups -OCH3 is 2. The molecule has 2 aromatic rings.